The molecule has 82 valence electrons. The van der Waals surface area contributed by atoms with Gasteiger partial charge in [0, 0.05) is 18.0 Å². The Morgan fingerprint density at radius 3 is 2.94 bits per heavy atom. The quantitative estimate of drug-likeness (QED) is 0.853. The minimum Gasteiger partial charge on any atom is -0.495 e. The molecule has 1 aromatic carbocycles. The van der Waals surface area contributed by atoms with Crippen molar-refractivity contribution in [2.75, 3.05) is 7.11 Å². The van der Waals surface area contributed by atoms with Crippen LogP contribution in [0.15, 0.2) is 18.3 Å². The number of nitrogens with zero attached hydrogens (tertiary/aromatic N) is 1. The topological polar surface area (TPSA) is 48.8 Å². The van der Waals surface area contributed by atoms with Crippen molar-refractivity contribution in [2.24, 2.45) is 0 Å². The molecular weight excluding hydrogens is 200 g/mol. The predicted molar refractivity (Wildman–Crippen MR) is 63.5 cm³/mol. The van der Waals surface area contributed by atoms with E-state index < -0.39 is 0 Å². The first-order chi connectivity index (χ1) is 7.77. The maximum atomic E-state index is 8.62. The van der Waals surface area contributed by atoms with Gasteiger partial charge in [-0.3, -0.25) is 0 Å². The van der Waals surface area contributed by atoms with Crippen LogP contribution in [-0.2, 0) is 6.42 Å². The number of nitrogens with one attached hydrogen (secondary N) is 1. The van der Waals surface area contributed by atoms with Crippen LogP contribution in [0.25, 0.3) is 10.9 Å². The standard InChI is InChI=1S/C13H14N2O/c1-9-5-6-11(16-2)13-12(9)10(8-15-13)4-3-7-14/h5-6,8,15H,3-4H2,1-2H3. The molecule has 0 spiro atoms. The van der Waals surface area contributed by atoms with E-state index in [1.807, 2.05) is 18.3 Å². The lowest BCUT2D eigenvalue weighted by molar-refractivity contribution is 0.419. The highest BCUT2D eigenvalue weighted by Gasteiger charge is 2.10. The molecule has 1 heterocycles. The van der Waals surface area contributed by atoms with E-state index >= 15 is 0 Å². The summed E-state index contributed by atoms with van der Waals surface area (Å²) in [5.41, 5.74) is 3.42. The first-order valence-corrected chi connectivity index (χ1v) is 5.28. The lowest BCUT2D eigenvalue weighted by Crippen LogP contribution is -1.87. The smallest absolute Gasteiger partial charge is 0.142 e. The number of aryl methyl sites for hydroxylation is 2. The number of aromatic amines is 1. The summed E-state index contributed by atoms with van der Waals surface area (Å²) < 4.78 is 5.30. The number of nitriles is 1. The third kappa shape index (κ3) is 1.63. The molecule has 0 radical (unpaired) electrons. The van der Waals surface area contributed by atoms with Crippen LogP contribution < -0.4 is 4.74 Å². The van der Waals surface area contributed by atoms with Gasteiger partial charge in [-0.1, -0.05) is 6.07 Å². The summed E-state index contributed by atoms with van der Waals surface area (Å²) in [4.78, 5) is 3.22. The molecule has 0 aliphatic heterocycles. The summed E-state index contributed by atoms with van der Waals surface area (Å²) in [6.45, 7) is 2.07. The molecule has 0 bridgehead atoms. The van der Waals surface area contributed by atoms with Crippen molar-refractivity contribution < 1.29 is 4.74 Å². The molecule has 3 heteroatoms. The molecule has 3 nitrogen and oxygen atoms in total. The van der Waals surface area contributed by atoms with Gasteiger partial charge >= 0.3 is 0 Å². The molecular formula is C13H14N2O. The van der Waals surface area contributed by atoms with Gasteiger partial charge in [0.15, 0.2) is 0 Å². The minimum absolute atomic E-state index is 0.545. The van der Waals surface area contributed by atoms with Crippen molar-refractivity contribution in [1.29, 1.82) is 5.26 Å². The van der Waals surface area contributed by atoms with Gasteiger partial charge in [-0.05, 0) is 30.5 Å². The van der Waals surface area contributed by atoms with E-state index in [1.54, 1.807) is 7.11 Å². The zero-order chi connectivity index (χ0) is 11.5. The predicted octanol–water partition coefficient (Wildman–Crippen LogP) is 2.94. The molecule has 0 unspecified atom stereocenters. The van der Waals surface area contributed by atoms with Crippen molar-refractivity contribution in [1.82, 2.24) is 4.98 Å². The highest BCUT2D eigenvalue weighted by molar-refractivity contribution is 5.91. The van der Waals surface area contributed by atoms with Gasteiger partial charge in [0.2, 0.25) is 0 Å². The van der Waals surface area contributed by atoms with Crippen LogP contribution in [0.4, 0.5) is 0 Å². The summed E-state index contributed by atoms with van der Waals surface area (Å²) >= 11 is 0. The third-order valence-electron chi connectivity index (χ3n) is 2.81. The molecule has 0 saturated heterocycles. The maximum Gasteiger partial charge on any atom is 0.142 e. The van der Waals surface area contributed by atoms with Gasteiger partial charge in [0.1, 0.15) is 5.75 Å². The Labute approximate surface area is 94.7 Å². The van der Waals surface area contributed by atoms with E-state index in [0.29, 0.717) is 6.42 Å². The number of benzene rings is 1. The Morgan fingerprint density at radius 2 is 2.25 bits per heavy atom. The van der Waals surface area contributed by atoms with Crippen molar-refractivity contribution in [2.45, 2.75) is 19.8 Å². The molecule has 0 saturated carbocycles. The van der Waals surface area contributed by atoms with E-state index in [-0.39, 0.29) is 0 Å². The SMILES string of the molecule is COc1ccc(C)c2c(CCC#N)c[nH]c12. The lowest BCUT2D eigenvalue weighted by atomic mass is 10.0. The minimum atomic E-state index is 0.545. The Hall–Kier alpha value is -1.95. The summed E-state index contributed by atoms with van der Waals surface area (Å²) in [5, 5.41) is 9.81. The molecule has 0 aliphatic carbocycles. The van der Waals surface area contributed by atoms with Gasteiger partial charge in [0.05, 0.1) is 18.7 Å². The zero-order valence-corrected chi connectivity index (χ0v) is 9.50. The average molecular weight is 214 g/mol. The largest absolute Gasteiger partial charge is 0.495 e. The van der Waals surface area contributed by atoms with Crippen LogP contribution in [0, 0.1) is 18.3 Å². The number of aromatic nitrogens is 1. The van der Waals surface area contributed by atoms with Gasteiger partial charge in [-0.25, -0.2) is 0 Å². The number of methoxy groups -OCH3 is 1. The van der Waals surface area contributed by atoms with Gasteiger partial charge in [0.25, 0.3) is 0 Å². The van der Waals surface area contributed by atoms with Crippen LogP contribution in [0.1, 0.15) is 17.5 Å². The summed E-state index contributed by atoms with van der Waals surface area (Å²) in [5.74, 6) is 0.851. The fraction of sp³-hybridized carbons (Fsp3) is 0.308. The third-order valence-corrected chi connectivity index (χ3v) is 2.81. The first-order valence-electron chi connectivity index (χ1n) is 5.28. The van der Waals surface area contributed by atoms with Gasteiger partial charge in [-0.15, -0.1) is 0 Å². The van der Waals surface area contributed by atoms with E-state index in [2.05, 4.69) is 18.0 Å². The molecule has 1 aromatic heterocycles. The second-order valence-electron chi connectivity index (χ2n) is 3.81. The van der Waals surface area contributed by atoms with Gasteiger partial charge < -0.3 is 9.72 Å². The number of hydrogen-bond acceptors (Lipinski definition) is 2. The fourth-order valence-electron chi connectivity index (χ4n) is 2.03. The van der Waals surface area contributed by atoms with E-state index in [1.165, 1.54) is 16.5 Å². The Kier molecular flexibility index (Phi) is 2.82. The molecule has 0 amide bonds. The second kappa shape index (κ2) is 4.28. The van der Waals surface area contributed by atoms with Crippen molar-refractivity contribution in [3.8, 4) is 11.8 Å². The summed E-state index contributed by atoms with van der Waals surface area (Å²) in [7, 11) is 1.67. The molecule has 0 aliphatic rings. The van der Waals surface area contributed by atoms with Crippen LogP contribution in [-0.4, -0.2) is 12.1 Å². The normalized spacial score (nSPS) is 10.3. The zero-order valence-electron chi connectivity index (χ0n) is 9.50. The molecule has 1 N–H and O–H groups in total. The molecule has 0 fully saturated rings. The van der Waals surface area contributed by atoms with Crippen LogP contribution in [0.5, 0.6) is 5.75 Å². The highest BCUT2D eigenvalue weighted by atomic mass is 16.5. The average Bonchev–Trinajstić information content (AvgIpc) is 2.72. The van der Waals surface area contributed by atoms with E-state index in [4.69, 9.17) is 10.00 Å². The fourth-order valence-corrected chi connectivity index (χ4v) is 2.03. The Balaban J connectivity index is 2.57. The lowest BCUT2D eigenvalue weighted by Gasteiger charge is -2.04. The Morgan fingerprint density at radius 1 is 1.44 bits per heavy atom. The van der Waals surface area contributed by atoms with Crippen LogP contribution >= 0.6 is 0 Å². The van der Waals surface area contributed by atoms with Crippen LogP contribution in [0.3, 0.4) is 0 Å². The van der Waals surface area contributed by atoms with E-state index in [9.17, 15) is 0 Å². The molecule has 16 heavy (non-hydrogen) atoms. The monoisotopic (exact) mass is 214 g/mol. The highest BCUT2D eigenvalue weighted by Crippen LogP contribution is 2.30. The number of fused-ring (bicyclic) bond motifs is 1. The van der Waals surface area contributed by atoms with Crippen molar-refractivity contribution in [3.05, 3.63) is 29.5 Å². The number of hydrogen-bond donors (Lipinski definition) is 1. The van der Waals surface area contributed by atoms with Gasteiger partial charge in [-0.2, -0.15) is 5.26 Å². The Bertz CT molecular complexity index is 549. The van der Waals surface area contributed by atoms with Crippen LogP contribution in [0.2, 0.25) is 0 Å². The molecule has 2 rings (SSSR count). The van der Waals surface area contributed by atoms with Crippen molar-refractivity contribution in [3.63, 3.8) is 0 Å². The molecule has 2 aromatic rings. The summed E-state index contributed by atoms with van der Waals surface area (Å²) in [6.07, 6.45) is 3.30. The van der Waals surface area contributed by atoms with Crippen molar-refractivity contribution >= 4 is 10.9 Å². The maximum absolute atomic E-state index is 8.62. The number of rotatable bonds is 3. The molecule has 0 atom stereocenters. The summed E-state index contributed by atoms with van der Waals surface area (Å²) in [6, 6.07) is 6.18. The van der Waals surface area contributed by atoms with E-state index in [0.717, 1.165) is 17.7 Å². The number of H-pyrrole nitrogens is 1. The first kappa shape index (κ1) is 10.6. The second-order valence-corrected chi connectivity index (χ2v) is 3.81. The number of ether oxygens (including phenoxy) is 1.